The van der Waals surface area contributed by atoms with Gasteiger partial charge < -0.3 is 4.90 Å². The van der Waals surface area contributed by atoms with Crippen molar-refractivity contribution in [2.75, 3.05) is 6.54 Å². The van der Waals surface area contributed by atoms with E-state index in [4.69, 9.17) is 11.6 Å². The molecule has 1 amide bonds. The molecular formula is C9H16ClNO. The predicted molar refractivity (Wildman–Crippen MR) is 50.3 cm³/mol. The van der Waals surface area contributed by atoms with Crippen LogP contribution >= 0.6 is 11.6 Å². The molecule has 1 aliphatic carbocycles. The number of hydrogen-bond acceptors (Lipinski definition) is 1. The van der Waals surface area contributed by atoms with Gasteiger partial charge in [-0.25, -0.2) is 0 Å². The molecule has 1 aliphatic rings. The summed E-state index contributed by atoms with van der Waals surface area (Å²) in [6.07, 6.45) is 3.34. The van der Waals surface area contributed by atoms with E-state index in [0.29, 0.717) is 6.04 Å². The second-order valence-corrected chi connectivity index (χ2v) is 4.03. The maximum Gasteiger partial charge on any atom is 0.240 e. The third kappa shape index (κ3) is 2.37. The van der Waals surface area contributed by atoms with Crippen molar-refractivity contribution in [1.29, 1.82) is 0 Å². The number of carbonyl (C=O) groups excluding carboxylic acids is 1. The SMILES string of the molecule is CCCN(C(=O)C(C)Cl)C1CC1. The number of hydrogen-bond donors (Lipinski definition) is 0. The van der Waals surface area contributed by atoms with Gasteiger partial charge in [0.15, 0.2) is 0 Å². The lowest BCUT2D eigenvalue weighted by molar-refractivity contribution is -0.131. The Morgan fingerprint density at radius 3 is 2.58 bits per heavy atom. The van der Waals surface area contributed by atoms with Crippen LogP contribution in [0.4, 0.5) is 0 Å². The van der Waals surface area contributed by atoms with E-state index < -0.39 is 0 Å². The summed E-state index contributed by atoms with van der Waals surface area (Å²) in [6.45, 7) is 4.69. The second-order valence-electron chi connectivity index (χ2n) is 3.38. The van der Waals surface area contributed by atoms with Crippen LogP contribution in [-0.4, -0.2) is 28.8 Å². The van der Waals surface area contributed by atoms with Gasteiger partial charge in [-0.1, -0.05) is 6.92 Å². The first-order valence-corrected chi connectivity index (χ1v) is 5.05. The van der Waals surface area contributed by atoms with E-state index >= 15 is 0 Å². The molecule has 0 saturated heterocycles. The fourth-order valence-electron chi connectivity index (χ4n) is 1.33. The van der Waals surface area contributed by atoms with E-state index in [1.165, 1.54) is 0 Å². The minimum Gasteiger partial charge on any atom is -0.338 e. The molecule has 1 unspecified atom stereocenters. The summed E-state index contributed by atoms with van der Waals surface area (Å²) >= 11 is 5.74. The third-order valence-electron chi connectivity index (χ3n) is 2.08. The number of carbonyl (C=O) groups is 1. The minimum absolute atomic E-state index is 0.0982. The molecule has 1 saturated carbocycles. The van der Waals surface area contributed by atoms with Gasteiger partial charge in [-0.05, 0) is 26.2 Å². The Hall–Kier alpha value is -0.240. The molecule has 2 nitrogen and oxygen atoms in total. The summed E-state index contributed by atoms with van der Waals surface area (Å²) in [5.41, 5.74) is 0. The third-order valence-corrected chi connectivity index (χ3v) is 2.26. The monoisotopic (exact) mass is 189 g/mol. The van der Waals surface area contributed by atoms with Gasteiger partial charge in [0.2, 0.25) is 5.91 Å². The van der Waals surface area contributed by atoms with Crippen molar-refractivity contribution < 1.29 is 4.79 Å². The average Bonchev–Trinajstić information content (AvgIpc) is 2.81. The van der Waals surface area contributed by atoms with Crippen molar-refractivity contribution >= 4 is 17.5 Å². The van der Waals surface area contributed by atoms with Gasteiger partial charge in [-0.2, -0.15) is 0 Å². The van der Waals surface area contributed by atoms with Gasteiger partial charge in [0.25, 0.3) is 0 Å². The van der Waals surface area contributed by atoms with Gasteiger partial charge >= 0.3 is 0 Å². The van der Waals surface area contributed by atoms with E-state index in [2.05, 4.69) is 6.92 Å². The maximum absolute atomic E-state index is 11.5. The van der Waals surface area contributed by atoms with Crippen molar-refractivity contribution in [2.45, 2.75) is 44.5 Å². The number of amides is 1. The largest absolute Gasteiger partial charge is 0.338 e. The van der Waals surface area contributed by atoms with Crippen LogP contribution in [-0.2, 0) is 4.79 Å². The van der Waals surface area contributed by atoms with Crippen LogP contribution in [0.15, 0.2) is 0 Å². The molecule has 3 heteroatoms. The lowest BCUT2D eigenvalue weighted by Gasteiger charge is -2.22. The van der Waals surface area contributed by atoms with Gasteiger partial charge in [0, 0.05) is 12.6 Å². The Labute approximate surface area is 78.9 Å². The van der Waals surface area contributed by atoms with E-state index in [-0.39, 0.29) is 11.3 Å². The highest BCUT2D eigenvalue weighted by atomic mass is 35.5. The average molecular weight is 190 g/mol. The topological polar surface area (TPSA) is 20.3 Å². The molecule has 0 N–H and O–H groups in total. The molecule has 0 heterocycles. The number of alkyl halides is 1. The van der Waals surface area contributed by atoms with Crippen molar-refractivity contribution in [3.63, 3.8) is 0 Å². The van der Waals surface area contributed by atoms with E-state index in [1.807, 2.05) is 4.90 Å². The highest BCUT2D eigenvalue weighted by molar-refractivity contribution is 6.30. The van der Waals surface area contributed by atoms with Gasteiger partial charge in [-0.3, -0.25) is 4.79 Å². The second kappa shape index (κ2) is 4.13. The highest BCUT2D eigenvalue weighted by Crippen LogP contribution is 2.27. The van der Waals surface area contributed by atoms with E-state index in [9.17, 15) is 4.79 Å². The molecule has 1 rings (SSSR count). The predicted octanol–water partition coefficient (Wildman–Crippen LogP) is 2.01. The highest BCUT2D eigenvalue weighted by Gasteiger charge is 2.33. The number of halogens is 1. The summed E-state index contributed by atoms with van der Waals surface area (Å²) in [5, 5.41) is -0.364. The lowest BCUT2D eigenvalue weighted by atomic mass is 10.3. The van der Waals surface area contributed by atoms with Crippen molar-refractivity contribution in [3.8, 4) is 0 Å². The van der Waals surface area contributed by atoms with Crippen LogP contribution in [0.5, 0.6) is 0 Å². The fraction of sp³-hybridized carbons (Fsp3) is 0.889. The molecule has 0 aromatic heterocycles. The zero-order chi connectivity index (χ0) is 9.14. The number of nitrogens with zero attached hydrogens (tertiary/aromatic N) is 1. The van der Waals surface area contributed by atoms with Crippen LogP contribution in [0.2, 0.25) is 0 Å². The molecule has 0 aliphatic heterocycles. The van der Waals surface area contributed by atoms with Crippen LogP contribution in [0, 0.1) is 0 Å². The summed E-state index contributed by atoms with van der Waals surface area (Å²) in [5.74, 6) is 0.0982. The lowest BCUT2D eigenvalue weighted by Crippen LogP contribution is -2.37. The maximum atomic E-state index is 11.5. The molecule has 70 valence electrons. The molecule has 0 spiro atoms. The fourth-order valence-corrected chi connectivity index (χ4v) is 1.45. The van der Waals surface area contributed by atoms with Crippen LogP contribution < -0.4 is 0 Å². The van der Waals surface area contributed by atoms with Crippen LogP contribution in [0.25, 0.3) is 0 Å². The smallest absolute Gasteiger partial charge is 0.240 e. The zero-order valence-electron chi connectivity index (χ0n) is 7.72. The summed E-state index contributed by atoms with van der Waals surface area (Å²) < 4.78 is 0. The Kier molecular flexibility index (Phi) is 3.39. The van der Waals surface area contributed by atoms with Gasteiger partial charge in [0.05, 0.1) is 0 Å². The standard InChI is InChI=1S/C9H16ClNO/c1-3-6-11(8-4-5-8)9(12)7(2)10/h7-8H,3-6H2,1-2H3. The molecule has 12 heavy (non-hydrogen) atoms. The van der Waals surface area contributed by atoms with Crippen LogP contribution in [0.3, 0.4) is 0 Å². The Morgan fingerprint density at radius 1 is 1.67 bits per heavy atom. The number of rotatable bonds is 4. The van der Waals surface area contributed by atoms with Crippen molar-refractivity contribution in [1.82, 2.24) is 4.90 Å². The molecule has 1 fully saturated rings. The Morgan fingerprint density at radius 2 is 2.25 bits per heavy atom. The molecule has 0 radical (unpaired) electrons. The van der Waals surface area contributed by atoms with Crippen molar-refractivity contribution in [2.24, 2.45) is 0 Å². The minimum atomic E-state index is -0.364. The van der Waals surface area contributed by atoms with Gasteiger partial charge in [0.1, 0.15) is 5.38 Å². The first-order chi connectivity index (χ1) is 5.66. The zero-order valence-corrected chi connectivity index (χ0v) is 8.47. The summed E-state index contributed by atoms with van der Waals surface area (Å²) in [4.78, 5) is 13.4. The normalized spacial score (nSPS) is 18.9. The molecule has 0 aromatic carbocycles. The van der Waals surface area contributed by atoms with Crippen molar-refractivity contribution in [3.05, 3.63) is 0 Å². The molecule has 0 bridgehead atoms. The summed E-state index contributed by atoms with van der Waals surface area (Å²) in [7, 11) is 0. The van der Waals surface area contributed by atoms with E-state index in [0.717, 1.165) is 25.8 Å². The molecule has 0 aromatic rings. The molecule has 1 atom stereocenters. The van der Waals surface area contributed by atoms with E-state index in [1.54, 1.807) is 6.92 Å². The summed E-state index contributed by atoms with van der Waals surface area (Å²) in [6, 6.07) is 0.499. The first kappa shape index (κ1) is 9.85. The quantitative estimate of drug-likeness (QED) is 0.620. The Bertz CT molecular complexity index is 166. The molecular weight excluding hydrogens is 174 g/mol. The van der Waals surface area contributed by atoms with Crippen LogP contribution in [0.1, 0.15) is 33.1 Å². The van der Waals surface area contributed by atoms with Gasteiger partial charge in [-0.15, -0.1) is 11.6 Å². The Balaban J connectivity index is 2.46. The first-order valence-electron chi connectivity index (χ1n) is 4.61.